The van der Waals surface area contributed by atoms with Crippen LogP contribution in [0.4, 0.5) is 5.00 Å². The summed E-state index contributed by atoms with van der Waals surface area (Å²) in [6.45, 7) is 2.56. The number of hydrogen-bond donors (Lipinski definition) is 1. The minimum absolute atomic E-state index is 0.000685. The molecular formula is C19H19N3O4S. The number of nitriles is 1. The number of carbonyl (C=O) groups excluding carboxylic acids is 2. The van der Waals surface area contributed by atoms with E-state index < -0.39 is 0 Å². The highest BCUT2D eigenvalue weighted by molar-refractivity contribution is 7.16. The van der Waals surface area contributed by atoms with Gasteiger partial charge < -0.3 is 19.7 Å². The Morgan fingerprint density at radius 2 is 2.07 bits per heavy atom. The predicted octanol–water partition coefficient (Wildman–Crippen LogP) is 2.79. The number of para-hydroxylation sites is 1. The fourth-order valence-electron chi connectivity index (χ4n) is 3.12. The lowest BCUT2D eigenvalue weighted by Crippen LogP contribution is -2.33. The molecule has 2 heterocycles. The van der Waals surface area contributed by atoms with Crippen molar-refractivity contribution in [2.45, 2.75) is 19.9 Å². The molecule has 2 amide bonds. The molecule has 27 heavy (non-hydrogen) atoms. The van der Waals surface area contributed by atoms with Gasteiger partial charge in [0.1, 0.15) is 11.1 Å². The Morgan fingerprint density at radius 3 is 2.70 bits per heavy atom. The Bertz CT molecular complexity index is 945. The third-order valence-electron chi connectivity index (χ3n) is 4.49. The summed E-state index contributed by atoms with van der Waals surface area (Å²) in [6.07, 6.45) is 0.604. The second-order valence-corrected chi connectivity index (χ2v) is 7.11. The van der Waals surface area contributed by atoms with Gasteiger partial charge in [0.25, 0.3) is 5.91 Å². The van der Waals surface area contributed by atoms with Crippen LogP contribution in [0.1, 0.15) is 33.3 Å². The fraction of sp³-hybridized carbons (Fsp3) is 0.316. The molecule has 0 saturated carbocycles. The number of rotatable bonds is 4. The summed E-state index contributed by atoms with van der Waals surface area (Å²) in [6, 6.07) is 7.23. The molecule has 0 fully saturated rings. The first-order valence-electron chi connectivity index (χ1n) is 8.32. The number of fused-ring (bicyclic) bond motifs is 1. The number of nitrogens with zero attached hydrogens (tertiary/aromatic N) is 2. The van der Waals surface area contributed by atoms with Gasteiger partial charge in [-0.05, 0) is 24.1 Å². The molecule has 2 aromatic rings. The van der Waals surface area contributed by atoms with Crippen LogP contribution in [0.15, 0.2) is 18.2 Å². The lowest BCUT2D eigenvalue weighted by Gasteiger charge is -2.25. The maximum absolute atomic E-state index is 12.8. The van der Waals surface area contributed by atoms with Crippen molar-refractivity contribution in [2.24, 2.45) is 0 Å². The van der Waals surface area contributed by atoms with Gasteiger partial charge in [-0.15, -0.1) is 11.3 Å². The van der Waals surface area contributed by atoms with Crippen LogP contribution in [0.3, 0.4) is 0 Å². The Kier molecular flexibility index (Phi) is 5.33. The van der Waals surface area contributed by atoms with Crippen LogP contribution in [0, 0.1) is 11.3 Å². The zero-order valence-corrected chi connectivity index (χ0v) is 16.1. The van der Waals surface area contributed by atoms with Crippen molar-refractivity contribution in [3.05, 3.63) is 39.8 Å². The van der Waals surface area contributed by atoms with E-state index in [1.165, 1.54) is 32.5 Å². The molecule has 0 aliphatic carbocycles. The number of amides is 2. The molecule has 7 nitrogen and oxygen atoms in total. The molecule has 0 bridgehead atoms. The molecule has 0 unspecified atom stereocenters. The molecule has 3 rings (SSSR count). The van der Waals surface area contributed by atoms with Gasteiger partial charge in [-0.25, -0.2) is 0 Å². The van der Waals surface area contributed by atoms with Gasteiger partial charge in [0.2, 0.25) is 5.91 Å². The van der Waals surface area contributed by atoms with Crippen LogP contribution in [0.25, 0.3) is 0 Å². The minimum Gasteiger partial charge on any atom is -0.493 e. The van der Waals surface area contributed by atoms with Crippen LogP contribution in [-0.2, 0) is 17.8 Å². The molecule has 0 radical (unpaired) electrons. The lowest BCUT2D eigenvalue weighted by atomic mass is 10.0. The quantitative estimate of drug-likeness (QED) is 0.874. The van der Waals surface area contributed by atoms with Gasteiger partial charge in [-0.2, -0.15) is 5.26 Å². The maximum atomic E-state index is 12.8. The van der Waals surface area contributed by atoms with Crippen molar-refractivity contribution in [1.82, 2.24) is 4.90 Å². The molecule has 1 aliphatic heterocycles. The molecule has 8 heteroatoms. The molecule has 0 spiro atoms. The first-order valence-corrected chi connectivity index (χ1v) is 9.14. The Hall–Kier alpha value is -3.05. The number of thiophene rings is 1. The highest BCUT2D eigenvalue weighted by Crippen LogP contribution is 2.38. The molecule has 0 atom stereocenters. The average molecular weight is 385 g/mol. The SMILES string of the molecule is COc1cccc(C(=O)Nc2sc3c(c2C#N)CCN(C(C)=O)C3)c1OC. The number of ether oxygens (including phenoxy) is 2. The van der Waals surface area contributed by atoms with E-state index in [0.29, 0.717) is 47.1 Å². The topological polar surface area (TPSA) is 91.7 Å². The summed E-state index contributed by atoms with van der Waals surface area (Å²) in [4.78, 5) is 27.1. The predicted molar refractivity (Wildman–Crippen MR) is 101 cm³/mol. The van der Waals surface area contributed by atoms with Crippen molar-refractivity contribution in [2.75, 3.05) is 26.1 Å². The number of benzene rings is 1. The summed E-state index contributed by atoms with van der Waals surface area (Å²) < 4.78 is 10.5. The van der Waals surface area contributed by atoms with Gasteiger partial charge in [-0.1, -0.05) is 6.07 Å². The number of methoxy groups -OCH3 is 2. The van der Waals surface area contributed by atoms with Crippen molar-refractivity contribution >= 4 is 28.2 Å². The Morgan fingerprint density at radius 1 is 1.30 bits per heavy atom. The van der Waals surface area contributed by atoms with Gasteiger partial charge >= 0.3 is 0 Å². The van der Waals surface area contributed by atoms with Crippen LogP contribution >= 0.6 is 11.3 Å². The zero-order chi connectivity index (χ0) is 19.6. The molecule has 0 saturated heterocycles. The second kappa shape index (κ2) is 7.68. The monoisotopic (exact) mass is 385 g/mol. The minimum atomic E-state index is -0.385. The van der Waals surface area contributed by atoms with Crippen molar-refractivity contribution < 1.29 is 19.1 Å². The third kappa shape index (κ3) is 3.46. The highest BCUT2D eigenvalue weighted by Gasteiger charge is 2.27. The number of hydrogen-bond acceptors (Lipinski definition) is 6. The molecule has 1 aromatic heterocycles. The fourth-order valence-corrected chi connectivity index (χ4v) is 4.32. The van der Waals surface area contributed by atoms with E-state index in [2.05, 4.69) is 11.4 Å². The molecule has 1 N–H and O–H groups in total. The number of nitrogens with one attached hydrogen (secondary N) is 1. The first kappa shape index (κ1) is 18.7. The summed E-state index contributed by atoms with van der Waals surface area (Å²) in [7, 11) is 2.97. The largest absolute Gasteiger partial charge is 0.493 e. The summed E-state index contributed by atoms with van der Waals surface area (Å²) >= 11 is 1.33. The summed E-state index contributed by atoms with van der Waals surface area (Å²) in [5.74, 6) is 0.400. The molecular weight excluding hydrogens is 366 g/mol. The van der Waals surface area contributed by atoms with Crippen LogP contribution in [0.2, 0.25) is 0 Å². The van der Waals surface area contributed by atoms with Gasteiger partial charge in [0.15, 0.2) is 11.5 Å². The standard InChI is InChI=1S/C19H19N3O4S/c1-11(23)22-8-7-12-14(9-20)19(27-16(12)10-22)21-18(24)13-5-4-6-15(25-2)17(13)26-3/h4-6H,7-8,10H2,1-3H3,(H,21,24). The van der Waals surface area contributed by atoms with E-state index in [1.54, 1.807) is 23.1 Å². The van der Waals surface area contributed by atoms with E-state index in [9.17, 15) is 14.9 Å². The maximum Gasteiger partial charge on any atom is 0.260 e. The van der Waals surface area contributed by atoms with E-state index in [0.717, 1.165) is 10.4 Å². The van der Waals surface area contributed by atoms with E-state index in [-0.39, 0.29) is 11.8 Å². The lowest BCUT2D eigenvalue weighted by molar-refractivity contribution is -0.129. The summed E-state index contributed by atoms with van der Waals surface area (Å²) in [5, 5.41) is 12.9. The molecule has 140 valence electrons. The number of anilines is 1. The summed E-state index contributed by atoms with van der Waals surface area (Å²) in [5.41, 5.74) is 1.69. The van der Waals surface area contributed by atoms with Crippen LogP contribution in [0.5, 0.6) is 11.5 Å². The van der Waals surface area contributed by atoms with Gasteiger partial charge in [0.05, 0.1) is 31.9 Å². The van der Waals surface area contributed by atoms with Gasteiger partial charge in [-0.3, -0.25) is 9.59 Å². The van der Waals surface area contributed by atoms with E-state index in [1.807, 2.05) is 0 Å². The van der Waals surface area contributed by atoms with Crippen LogP contribution < -0.4 is 14.8 Å². The first-order chi connectivity index (χ1) is 13.0. The average Bonchev–Trinajstić information content (AvgIpc) is 3.02. The smallest absolute Gasteiger partial charge is 0.260 e. The van der Waals surface area contributed by atoms with Crippen molar-refractivity contribution in [3.8, 4) is 17.6 Å². The third-order valence-corrected chi connectivity index (χ3v) is 5.62. The second-order valence-electron chi connectivity index (χ2n) is 6.01. The zero-order valence-electron chi connectivity index (χ0n) is 15.3. The van der Waals surface area contributed by atoms with Crippen molar-refractivity contribution in [1.29, 1.82) is 5.26 Å². The Labute approximate surface area is 161 Å². The Balaban J connectivity index is 1.92. The van der Waals surface area contributed by atoms with E-state index >= 15 is 0 Å². The molecule has 1 aliphatic rings. The van der Waals surface area contributed by atoms with E-state index in [4.69, 9.17) is 9.47 Å². The molecule has 1 aromatic carbocycles. The van der Waals surface area contributed by atoms with Crippen molar-refractivity contribution in [3.63, 3.8) is 0 Å². The normalized spacial score (nSPS) is 12.7. The van der Waals surface area contributed by atoms with Crippen LogP contribution in [-0.4, -0.2) is 37.5 Å². The number of carbonyl (C=O) groups is 2. The highest BCUT2D eigenvalue weighted by atomic mass is 32.1. The van der Waals surface area contributed by atoms with Gasteiger partial charge in [0, 0.05) is 18.3 Å².